The van der Waals surface area contributed by atoms with Crippen LogP contribution in [0.25, 0.3) is 0 Å². The number of hydrogen-bond acceptors (Lipinski definition) is 1. The average Bonchev–Trinajstić information content (AvgIpc) is 2.49. The SMILES string of the molecule is CC1CCC2(C)C3C=CC2C1C3=O. The van der Waals surface area contributed by atoms with Gasteiger partial charge in [0.2, 0.25) is 0 Å². The molecule has 0 N–H and O–H groups in total. The highest BCUT2D eigenvalue weighted by Crippen LogP contribution is 2.62. The van der Waals surface area contributed by atoms with Crippen molar-refractivity contribution in [3.05, 3.63) is 12.2 Å². The molecule has 70 valence electrons. The van der Waals surface area contributed by atoms with Crippen molar-refractivity contribution in [3.63, 3.8) is 0 Å². The summed E-state index contributed by atoms with van der Waals surface area (Å²) in [6, 6.07) is 0. The van der Waals surface area contributed by atoms with Crippen molar-refractivity contribution >= 4 is 5.78 Å². The first-order chi connectivity index (χ1) is 6.14. The molecule has 0 aromatic heterocycles. The Labute approximate surface area is 79.2 Å². The van der Waals surface area contributed by atoms with Gasteiger partial charge in [-0.3, -0.25) is 4.79 Å². The van der Waals surface area contributed by atoms with E-state index in [9.17, 15) is 4.79 Å². The Morgan fingerprint density at radius 1 is 1.46 bits per heavy atom. The van der Waals surface area contributed by atoms with Gasteiger partial charge in [-0.25, -0.2) is 0 Å². The molecule has 13 heavy (non-hydrogen) atoms. The minimum Gasteiger partial charge on any atom is -0.299 e. The maximum absolute atomic E-state index is 12.0. The lowest BCUT2D eigenvalue weighted by molar-refractivity contribution is -0.124. The largest absolute Gasteiger partial charge is 0.299 e. The smallest absolute Gasteiger partial charge is 0.144 e. The molecule has 3 rings (SSSR count). The topological polar surface area (TPSA) is 17.1 Å². The molecule has 0 saturated heterocycles. The number of carbonyl (C=O) groups excluding carboxylic acids is 1. The van der Waals surface area contributed by atoms with Crippen LogP contribution >= 0.6 is 0 Å². The van der Waals surface area contributed by atoms with Crippen molar-refractivity contribution in [3.8, 4) is 0 Å². The standard InChI is InChI=1S/C12H16O/c1-7-5-6-12(2)8-3-4-9(12)11(13)10(7)8/h3-4,7-10H,5-6H2,1-2H3. The first kappa shape index (κ1) is 7.78. The third-order valence-electron chi connectivity index (χ3n) is 4.76. The van der Waals surface area contributed by atoms with E-state index in [4.69, 9.17) is 0 Å². The van der Waals surface area contributed by atoms with Crippen LogP contribution in [0.15, 0.2) is 12.2 Å². The van der Waals surface area contributed by atoms with Gasteiger partial charge in [0.15, 0.2) is 0 Å². The van der Waals surface area contributed by atoms with Gasteiger partial charge >= 0.3 is 0 Å². The summed E-state index contributed by atoms with van der Waals surface area (Å²) in [4.78, 5) is 12.0. The lowest BCUT2D eigenvalue weighted by atomic mass is 9.66. The van der Waals surface area contributed by atoms with Gasteiger partial charge < -0.3 is 0 Å². The maximum Gasteiger partial charge on any atom is 0.144 e. The second kappa shape index (κ2) is 2.08. The van der Waals surface area contributed by atoms with Crippen molar-refractivity contribution in [2.75, 3.05) is 0 Å². The van der Waals surface area contributed by atoms with E-state index in [1.165, 1.54) is 12.8 Å². The van der Waals surface area contributed by atoms with E-state index in [1.807, 2.05) is 0 Å². The summed E-state index contributed by atoms with van der Waals surface area (Å²) in [5.41, 5.74) is 0.314. The third-order valence-corrected chi connectivity index (χ3v) is 4.76. The second-order valence-corrected chi connectivity index (χ2v) is 5.34. The zero-order valence-corrected chi connectivity index (χ0v) is 8.29. The fourth-order valence-electron chi connectivity index (χ4n) is 3.89. The highest BCUT2D eigenvalue weighted by atomic mass is 16.1. The van der Waals surface area contributed by atoms with E-state index in [-0.39, 0.29) is 5.92 Å². The van der Waals surface area contributed by atoms with Crippen molar-refractivity contribution in [1.82, 2.24) is 0 Å². The Morgan fingerprint density at radius 2 is 2.23 bits per heavy atom. The molecule has 0 radical (unpaired) electrons. The Morgan fingerprint density at radius 3 is 2.92 bits per heavy atom. The third kappa shape index (κ3) is 0.685. The molecule has 5 unspecified atom stereocenters. The summed E-state index contributed by atoms with van der Waals surface area (Å²) in [5, 5.41) is 0. The van der Waals surface area contributed by atoms with Crippen LogP contribution < -0.4 is 0 Å². The van der Waals surface area contributed by atoms with Gasteiger partial charge in [-0.15, -0.1) is 0 Å². The highest BCUT2D eigenvalue weighted by molar-refractivity contribution is 5.91. The molecule has 1 nitrogen and oxygen atoms in total. The van der Waals surface area contributed by atoms with Gasteiger partial charge in [-0.1, -0.05) is 26.0 Å². The van der Waals surface area contributed by atoms with Gasteiger partial charge in [0, 0.05) is 11.8 Å². The first-order valence-corrected chi connectivity index (χ1v) is 5.36. The predicted octanol–water partition coefficient (Wildman–Crippen LogP) is 2.42. The molecule has 0 aromatic carbocycles. The summed E-state index contributed by atoms with van der Waals surface area (Å²) in [6.45, 7) is 4.56. The molecular formula is C12H16O. The summed E-state index contributed by atoms with van der Waals surface area (Å²) < 4.78 is 0. The zero-order chi connectivity index (χ0) is 9.22. The Hall–Kier alpha value is -0.590. The van der Waals surface area contributed by atoms with Gasteiger partial charge in [-0.2, -0.15) is 0 Å². The van der Waals surface area contributed by atoms with E-state index in [0.29, 0.717) is 29.0 Å². The van der Waals surface area contributed by atoms with Crippen LogP contribution in [-0.4, -0.2) is 5.78 Å². The molecule has 3 aliphatic carbocycles. The maximum atomic E-state index is 12.0. The van der Waals surface area contributed by atoms with Crippen molar-refractivity contribution in [2.24, 2.45) is 29.1 Å². The molecule has 2 fully saturated rings. The number of rotatable bonds is 0. The zero-order valence-electron chi connectivity index (χ0n) is 8.29. The molecule has 3 aliphatic rings. The van der Waals surface area contributed by atoms with E-state index in [2.05, 4.69) is 26.0 Å². The van der Waals surface area contributed by atoms with Gasteiger partial charge in [0.05, 0.1) is 0 Å². The number of Topliss-reactive ketones (excluding diaryl/α,β-unsaturated/α-hetero) is 1. The summed E-state index contributed by atoms with van der Waals surface area (Å²) >= 11 is 0. The van der Waals surface area contributed by atoms with E-state index in [0.717, 1.165) is 0 Å². The molecule has 2 saturated carbocycles. The number of hydrogen-bond donors (Lipinski definition) is 0. The molecular weight excluding hydrogens is 160 g/mol. The molecule has 0 amide bonds. The van der Waals surface area contributed by atoms with Gasteiger partial charge in [-0.05, 0) is 30.1 Å². The molecule has 0 aliphatic heterocycles. The monoisotopic (exact) mass is 176 g/mol. The average molecular weight is 176 g/mol. The fraction of sp³-hybridized carbons (Fsp3) is 0.750. The Bertz CT molecular complexity index is 304. The number of carbonyl (C=O) groups is 1. The van der Waals surface area contributed by atoms with Crippen LogP contribution in [0.1, 0.15) is 26.7 Å². The Balaban J connectivity index is 2.13. The Kier molecular flexibility index (Phi) is 1.24. The van der Waals surface area contributed by atoms with Crippen LogP contribution in [0.4, 0.5) is 0 Å². The van der Waals surface area contributed by atoms with E-state index in [1.54, 1.807) is 0 Å². The number of ketones is 1. The second-order valence-electron chi connectivity index (χ2n) is 5.34. The lowest BCUT2D eigenvalue weighted by Gasteiger charge is -2.37. The predicted molar refractivity (Wildman–Crippen MR) is 51.1 cm³/mol. The van der Waals surface area contributed by atoms with E-state index >= 15 is 0 Å². The quantitative estimate of drug-likeness (QED) is 0.518. The van der Waals surface area contributed by atoms with Crippen molar-refractivity contribution in [2.45, 2.75) is 26.7 Å². The van der Waals surface area contributed by atoms with Crippen LogP contribution in [0, 0.1) is 29.1 Å². The first-order valence-electron chi connectivity index (χ1n) is 5.36. The van der Waals surface area contributed by atoms with E-state index < -0.39 is 0 Å². The normalized spacial score (nSPS) is 57.5. The van der Waals surface area contributed by atoms with Gasteiger partial charge in [0.25, 0.3) is 0 Å². The van der Waals surface area contributed by atoms with Crippen molar-refractivity contribution < 1.29 is 4.79 Å². The summed E-state index contributed by atoms with van der Waals surface area (Å²) in [5.74, 6) is 2.38. The summed E-state index contributed by atoms with van der Waals surface area (Å²) in [6.07, 6.45) is 6.98. The number of allylic oxidation sites excluding steroid dienone is 2. The lowest BCUT2D eigenvalue weighted by Crippen LogP contribution is -2.32. The van der Waals surface area contributed by atoms with Crippen LogP contribution in [-0.2, 0) is 4.79 Å². The minimum absolute atomic E-state index is 0.271. The highest BCUT2D eigenvalue weighted by Gasteiger charge is 2.61. The minimum atomic E-state index is 0.271. The fourth-order valence-corrected chi connectivity index (χ4v) is 3.89. The molecule has 4 bridgehead atoms. The molecule has 0 aromatic rings. The van der Waals surface area contributed by atoms with Crippen molar-refractivity contribution in [1.29, 1.82) is 0 Å². The van der Waals surface area contributed by atoms with Crippen LogP contribution in [0.3, 0.4) is 0 Å². The van der Waals surface area contributed by atoms with Gasteiger partial charge in [0.1, 0.15) is 5.78 Å². The summed E-state index contributed by atoms with van der Waals surface area (Å²) in [7, 11) is 0. The molecule has 0 spiro atoms. The molecule has 1 heteroatoms. The molecule has 5 atom stereocenters. The van der Waals surface area contributed by atoms with Crippen LogP contribution in [0.2, 0.25) is 0 Å². The van der Waals surface area contributed by atoms with Crippen LogP contribution in [0.5, 0.6) is 0 Å². The molecule has 0 heterocycles.